The molecule has 0 aliphatic heterocycles. The number of esters is 2. The molecule has 0 aliphatic carbocycles. The number of hydrogen-bond acceptors (Lipinski definition) is 11. The van der Waals surface area contributed by atoms with Gasteiger partial charge in [-0.2, -0.15) is 5.10 Å². The summed E-state index contributed by atoms with van der Waals surface area (Å²) < 4.78 is 22.6. The second kappa shape index (κ2) is 11.8. The minimum absolute atomic E-state index is 0.0106. The maximum absolute atomic E-state index is 13.0. The average Bonchev–Trinajstić information content (AvgIpc) is 3.38. The molecule has 1 aromatic heterocycles. The third kappa shape index (κ3) is 5.56. The Hall–Kier alpha value is -5.31. The molecule has 0 spiro atoms. The summed E-state index contributed by atoms with van der Waals surface area (Å²) in [7, 11) is 3.62. The SMILES string of the molecule is COC(=O)c1c(-c2cc(Br)c(Oc3ccc([N+](=O)[O-])cc3[N+](=O)[O-])c(OC)c2)nn(-c2ccccc2)c1C(=O)OC. The highest BCUT2D eigenvalue weighted by molar-refractivity contribution is 9.10. The van der Waals surface area contributed by atoms with E-state index in [1.54, 1.807) is 30.3 Å². The van der Waals surface area contributed by atoms with Gasteiger partial charge in [0.1, 0.15) is 11.3 Å². The van der Waals surface area contributed by atoms with Crippen molar-refractivity contribution in [2.24, 2.45) is 0 Å². The number of nitro groups is 2. The van der Waals surface area contributed by atoms with Crippen molar-refractivity contribution in [3.63, 3.8) is 0 Å². The van der Waals surface area contributed by atoms with E-state index in [1.807, 2.05) is 0 Å². The normalized spacial score (nSPS) is 10.5. The molecule has 0 amide bonds. The Morgan fingerprint density at radius 3 is 2.15 bits per heavy atom. The number of hydrogen-bond donors (Lipinski definition) is 0. The lowest BCUT2D eigenvalue weighted by atomic mass is 10.0. The van der Waals surface area contributed by atoms with E-state index in [1.165, 1.54) is 23.9 Å². The number of aromatic nitrogens is 2. The van der Waals surface area contributed by atoms with Gasteiger partial charge < -0.3 is 18.9 Å². The molecule has 3 aromatic carbocycles. The molecule has 14 nitrogen and oxygen atoms in total. The molecular weight excluding hydrogens is 608 g/mol. The van der Waals surface area contributed by atoms with Crippen molar-refractivity contribution in [1.82, 2.24) is 9.78 Å². The van der Waals surface area contributed by atoms with Crippen LogP contribution in [-0.4, -0.2) is 52.9 Å². The Balaban J connectivity index is 1.91. The fraction of sp³-hybridized carbons (Fsp3) is 0.115. The van der Waals surface area contributed by atoms with Crippen LogP contribution in [0, 0.1) is 20.2 Å². The zero-order valence-electron chi connectivity index (χ0n) is 21.5. The van der Waals surface area contributed by atoms with Crippen LogP contribution in [0.3, 0.4) is 0 Å². The summed E-state index contributed by atoms with van der Waals surface area (Å²) >= 11 is 3.36. The quantitative estimate of drug-likeness (QED) is 0.130. The van der Waals surface area contributed by atoms with Gasteiger partial charge in [-0.3, -0.25) is 20.2 Å². The molecule has 0 unspecified atom stereocenters. The van der Waals surface area contributed by atoms with Crippen molar-refractivity contribution in [3.8, 4) is 34.2 Å². The fourth-order valence-electron chi connectivity index (χ4n) is 3.87. The van der Waals surface area contributed by atoms with E-state index in [0.29, 0.717) is 5.69 Å². The highest BCUT2D eigenvalue weighted by Gasteiger charge is 2.32. The lowest BCUT2D eigenvalue weighted by molar-refractivity contribution is -0.394. The molecule has 0 aliphatic rings. The maximum Gasteiger partial charge on any atom is 0.357 e. The van der Waals surface area contributed by atoms with Gasteiger partial charge in [0, 0.05) is 11.6 Å². The molecule has 41 heavy (non-hydrogen) atoms. The van der Waals surface area contributed by atoms with Crippen molar-refractivity contribution < 1.29 is 38.4 Å². The second-order valence-corrected chi connectivity index (χ2v) is 8.91. The average molecular weight is 627 g/mol. The van der Waals surface area contributed by atoms with E-state index in [9.17, 15) is 29.8 Å². The van der Waals surface area contributed by atoms with Crippen LogP contribution in [0.15, 0.2) is 65.1 Å². The number of carbonyl (C=O) groups is 2. The molecule has 0 N–H and O–H groups in total. The van der Waals surface area contributed by atoms with Crippen molar-refractivity contribution in [3.05, 3.63) is 96.6 Å². The molecule has 4 rings (SSSR count). The molecule has 15 heteroatoms. The number of nitrogens with zero attached hydrogens (tertiary/aromatic N) is 4. The molecule has 0 fully saturated rings. The number of carbonyl (C=O) groups excluding carboxylic acids is 2. The largest absolute Gasteiger partial charge is 0.493 e. The first-order valence-electron chi connectivity index (χ1n) is 11.4. The molecule has 0 radical (unpaired) electrons. The number of para-hydroxylation sites is 1. The summed E-state index contributed by atoms with van der Waals surface area (Å²) in [5, 5.41) is 27.2. The van der Waals surface area contributed by atoms with Gasteiger partial charge in [0.2, 0.25) is 5.75 Å². The third-order valence-electron chi connectivity index (χ3n) is 5.72. The Morgan fingerprint density at radius 1 is 0.878 bits per heavy atom. The number of methoxy groups -OCH3 is 3. The van der Waals surface area contributed by atoms with Gasteiger partial charge in [-0.05, 0) is 46.3 Å². The summed E-state index contributed by atoms with van der Waals surface area (Å²) in [6, 6.07) is 14.4. The molecule has 0 bridgehead atoms. The van der Waals surface area contributed by atoms with Crippen LogP contribution < -0.4 is 9.47 Å². The van der Waals surface area contributed by atoms with Gasteiger partial charge in [0.25, 0.3) is 5.69 Å². The minimum atomic E-state index is -0.862. The predicted molar refractivity (Wildman–Crippen MR) is 146 cm³/mol. The van der Waals surface area contributed by atoms with Crippen molar-refractivity contribution in [2.75, 3.05) is 21.3 Å². The summed E-state index contributed by atoms with van der Waals surface area (Å²) in [5.41, 5.74) is -0.728. The lowest BCUT2D eigenvalue weighted by Crippen LogP contribution is -2.15. The topological polar surface area (TPSA) is 175 Å². The number of ether oxygens (including phenoxy) is 4. The number of benzene rings is 3. The maximum atomic E-state index is 13.0. The minimum Gasteiger partial charge on any atom is -0.493 e. The standard InChI is InChI=1S/C26H19BrN4O10/c1-38-20-12-14(11-17(27)24(20)41-19-10-9-16(30(34)35)13-18(19)31(36)37)22-21(25(32)39-2)23(26(33)40-3)29(28-22)15-7-5-4-6-8-15/h4-13H,1-3H3. The molecule has 1 heterocycles. The van der Waals surface area contributed by atoms with Crippen LogP contribution in [0.4, 0.5) is 11.4 Å². The number of halogens is 1. The highest BCUT2D eigenvalue weighted by Crippen LogP contribution is 2.45. The van der Waals surface area contributed by atoms with Gasteiger partial charge in [0.05, 0.1) is 47.4 Å². The summed E-state index contributed by atoms with van der Waals surface area (Å²) in [5.74, 6) is -1.96. The van der Waals surface area contributed by atoms with Crippen LogP contribution in [-0.2, 0) is 9.47 Å². The summed E-state index contributed by atoms with van der Waals surface area (Å²) in [6.45, 7) is 0. The zero-order valence-corrected chi connectivity index (χ0v) is 23.1. The van der Waals surface area contributed by atoms with Crippen LogP contribution in [0.5, 0.6) is 17.2 Å². The molecular formula is C26H19BrN4O10. The van der Waals surface area contributed by atoms with E-state index < -0.39 is 33.2 Å². The van der Waals surface area contributed by atoms with Gasteiger partial charge in [-0.15, -0.1) is 0 Å². The Morgan fingerprint density at radius 2 is 1.56 bits per heavy atom. The van der Waals surface area contributed by atoms with Gasteiger partial charge in [-0.25, -0.2) is 14.3 Å². The van der Waals surface area contributed by atoms with Crippen molar-refractivity contribution in [2.45, 2.75) is 0 Å². The van der Waals surface area contributed by atoms with Gasteiger partial charge in [0.15, 0.2) is 17.2 Å². The second-order valence-electron chi connectivity index (χ2n) is 8.06. The van der Waals surface area contributed by atoms with E-state index in [0.717, 1.165) is 32.4 Å². The number of rotatable bonds is 9. The van der Waals surface area contributed by atoms with Crippen LogP contribution in [0.1, 0.15) is 20.8 Å². The molecule has 4 aromatic rings. The van der Waals surface area contributed by atoms with E-state index in [2.05, 4.69) is 21.0 Å². The summed E-state index contributed by atoms with van der Waals surface area (Å²) in [4.78, 5) is 46.9. The van der Waals surface area contributed by atoms with Crippen LogP contribution in [0.25, 0.3) is 16.9 Å². The first-order chi connectivity index (χ1) is 19.6. The molecule has 0 saturated heterocycles. The van der Waals surface area contributed by atoms with E-state index in [-0.39, 0.29) is 44.2 Å². The Bertz CT molecular complexity index is 1690. The smallest absolute Gasteiger partial charge is 0.357 e. The van der Waals surface area contributed by atoms with Crippen LogP contribution in [0.2, 0.25) is 0 Å². The Labute approximate surface area is 239 Å². The van der Waals surface area contributed by atoms with Crippen molar-refractivity contribution >= 4 is 39.2 Å². The number of non-ortho nitro benzene ring substituents is 1. The first kappa shape index (κ1) is 28.7. The predicted octanol–water partition coefficient (Wildman–Crippen LogP) is 5.49. The monoisotopic (exact) mass is 626 g/mol. The summed E-state index contributed by atoms with van der Waals surface area (Å²) in [6.07, 6.45) is 0. The molecule has 0 saturated carbocycles. The Kier molecular flexibility index (Phi) is 8.28. The number of nitro benzene ring substituents is 2. The van der Waals surface area contributed by atoms with Gasteiger partial charge >= 0.3 is 17.6 Å². The van der Waals surface area contributed by atoms with Crippen LogP contribution >= 0.6 is 15.9 Å². The van der Waals surface area contributed by atoms with Crippen molar-refractivity contribution in [1.29, 1.82) is 0 Å². The highest BCUT2D eigenvalue weighted by atomic mass is 79.9. The fourth-order valence-corrected chi connectivity index (χ4v) is 4.39. The first-order valence-corrected chi connectivity index (χ1v) is 12.2. The van der Waals surface area contributed by atoms with E-state index >= 15 is 0 Å². The van der Waals surface area contributed by atoms with Gasteiger partial charge in [-0.1, -0.05) is 18.2 Å². The van der Waals surface area contributed by atoms with E-state index in [4.69, 9.17) is 18.9 Å². The zero-order chi connectivity index (χ0) is 29.8. The third-order valence-corrected chi connectivity index (χ3v) is 6.31. The molecule has 210 valence electrons. The lowest BCUT2D eigenvalue weighted by Gasteiger charge is -2.14. The molecule has 0 atom stereocenters.